The van der Waals surface area contributed by atoms with Gasteiger partial charge in [-0.15, -0.1) is 5.10 Å². The molecular weight excluding hydrogens is 434 g/mol. The van der Waals surface area contributed by atoms with E-state index in [0.717, 1.165) is 10.9 Å². The van der Waals surface area contributed by atoms with Crippen LogP contribution in [0.4, 0.5) is 5.82 Å². The van der Waals surface area contributed by atoms with Gasteiger partial charge in [-0.2, -0.15) is 4.52 Å². The summed E-state index contributed by atoms with van der Waals surface area (Å²) in [5.41, 5.74) is 1.88. The Morgan fingerprint density at radius 2 is 1.61 bits per heavy atom. The number of anilines is 1. The lowest BCUT2D eigenvalue weighted by molar-refractivity contribution is 0.592. The molecule has 5 rings (SSSR count). The Balaban J connectivity index is 1.65. The Hall–Kier alpha value is -3.49. The van der Waals surface area contributed by atoms with E-state index in [1.54, 1.807) is 18.2 Å². The van der Waals surface area contributed by atoms with Crippen molar-refractivity contribution in [3.63, 3.8) is 0 Å². The van der Waals surface area contributed by atoms with Crippen molar-refractivity contribution in [3.05, 3.63) is 89.4 Å². The van der Waals surface area contributed by atoms with Crippen LogP contribution in [0.1, 0.15) is 5.56 Å². The molecule has 0 saturated carbocycles. The predicted octanol–water partition coefficient (Wildman–Crippen LogP) is 4.38. The van der Waals surface area contributed by atoms with Crippen LogP contribution in [-0.4, -0.2) is 28.2 Å². The van der Waals surface area contributed by atoms with E-state index in [-0.39, 0.29) is 15.6 Å². The lowest BCUT2D eigenvalue weighted by atomic mass is 10.2. The molecule has 9 heteroatoms. The predicted molar refractivity (Wildman–Crippen MR) is 119 cm³/mol. The lowest BCUT2D eigenvalue weighted by Crippen LogP contribution is -2.07. The fourth-order valence-electron chi connectivity index (χ4n) is 3.35. The SMILES string of the molecule is O=S(=O)(c1ccccc1)c1nnn2c1nc(NCc1ccc(Cl)cc1)c1ccccc12. The monoisotopic (exact) mass is 449 g/mol. The second-order valence-electron chi connectivity index (χ2n) is 6.90. The summed E-state index contributed by atoms with van der Waals surface area (Å²) in [7, 11) is -3.88. The number of fused-ring (bicyclic) bond motifs is 3. The van der Waals surface area contributed by atoms with Gasteiger partial charge in [0.1, 0.15) is 5.82 Å². The van der Waals surface area contributed by atoms with E-state index in [1.165, 1.54) is 16.6 Å². The van der Waals surface area contributed by atoms with E-state index in [2.05, 4.69) is 20.6 Å². The first-order valence-electron chi connectivity index (χ1n) is 9.47. The third-order valence-electron chi connectivity index (χ3n) is 4.90. The van der Waals surface area contributed by atoms with Gasteiger partial charge < -0.3 is 5.32 Å². The van der Waals surface area contributed by atoms with Gasteiger partial charge in [0, 0.05) is 17.0 Å². The molecule has 1 N–H and O–H groups in total. The maximum Gasteiger partial charge on any atom is 0.229 e. The first-order valence-corrected chi connectivity index (χ1v) is 11.3. The van der Waals surface area contributed by atoms with Gasteiger partial charge in [-0.3, -0.25) is 0 Å². The largest absolute Gasteiger partial charge is 0.365 e. The third-order valence-corrected chi connectivity index (χ3v) is 6.82. The van der Waals surface area contributed by atoms with Crippen LogP contribution in [-0.2, 0) is 16.4 Å². The van der Waals surface area contributed by atoms with Gasteiger partial charge in [0.15, 0.2) is 5.65 Å². The zero-order valence-electron chi connectivity index (χ0n) is 16.1. The number of sulfone groups is 1. The van der Waals surface area contributed by atoms with Gasteiger partial charge in [0.25, 0.3) is 0 Å². The van der Waals surface area contributed by atoms with Gasteiger partial charge in [-0.05, 0) is 42.0 Å². The van der Waals surface area contributed by atoms with Crippen LogP contribution in [0.25, 0.3) is 16.6 Å². The molecular formula is C22H16ClN5O2S. The van der Waals surface area contributed by atoms with Crippen molar-refractivity contribution in [1.82, 2.24) is 19.8 Å². The van der Waals surface area contributed by atoms with Gasteiger partial charge >= 0.3 is 0 Å². The summed E-state index contributed by atoms with van der Waals surface area (Å²) in [5.74, 6) is 0.546. The van der Waals surface area contributed by atoms with E-state index in [9.17, 15) is 8.42 Å². The van der Waals surface area contributed by atoms with Crippen molar-refractivity contribution in [2.75, 3.05) is 5.32 Å². The van der Waals surface area contributed by atoms with E-state index >= 15 is 0 Å². The maximum atomic E-state index is 13.2. The number of halogens is 1. The average molecular weight is 450 g/mol. The van der Waals surface area contributed by atoms with Crippen molar-refractivity contribution >= 4 is 43.8 Å². The molecule has 154 valence electrons. The molecule has 0 amide bonds. The summed E-state index contributed by atoms with van der Waals surface area (Å²) in [6.45, 7) is 0.493. The van der Waals surface area contributed by atoms with Gasteiger partial charge in [0.05, 0.1) is 10.4 Å². The molecule has 5 aromatic rings. The standard InChI is InChI=1S/C22H16ClN5O2S/c23-16-12-10-15(11-13-16)14-24-20-18-8-4-5-9-19(18)28-21(25-20)22(26-27-28)31(29,30)17-6-2-1-3-7-17/h1-13H,14H2,(H,24,25). The fraction of sp³-hybridized carbons (Fsp3) is 0.0455. The number of rotatable bonds is 5. The molecule has 0 aliphatic heterocycles. The Labute approximate surface area is 183 Å². The molecule has 31 heavy (non-hydrogen) atoms. The molecule has 2 heterocycles. The van der Waals surface area contributed by atoms with Crippen LogP contribution in [0.15, 0.2) is 88.8 Å². The number of para-hydroxylation sites is 1. The molecule has 2 aromatic heterocycles. The van der Waals surface area contributed by atoms with Crippen molar-refractivity contribution in [3.8, 4) is 0 Å². The second-order valence-corrected chi connectivity index (χ2v) is 9.21. The number of benzene rings is 3. The number of hydrogen-bond donors (Lipinski definition) is 1. The van der Waals surface area contributed by atoms with Crippen LogP contribution in [0, 0.1) is 0 Å². The maximum absolute atomic E-state index is 13.2. The highest BCUT2D eigenvalue weighted by atomic mass is 35.5. The number of nitrogens with zero attached hydrogens (tertiary/aromatic N) is 4. The second kappa shape index (κ2) is 7.64. The summed E-state index contributed by atoms with van der Waals surface area (Å²) < 4.78 is 27.8. The summed E-state index contributed by atoms with van der Waals surface area (Å²) in [6.07, 6.45) is 0. The first-order chi connectivity index (χ1) is 15.0. The number of hydrogen-bond acceptors (Lipinski definition) is 6. The highest BCUT2D eigenvalue weighted by molar-refractivity contribution is 7.91. The quantitative estimate of drug-likeness (QED) is 0.428. The zero-order valence-corrected chi connectivity index (χ0v) is 17.7. The van der Waals surface area contributed by atoms with E-state index < -0.39 is 9.84 Å². The minimum absolute atomic E-state index is 0.142. The molecule has 0 aliphatic carbocycles. The molecule has 0 atom stereocenters. The van der Waals surface area contributed by atoms with E-state index in [4.69, 9.17) is 11.6 Å². The van der Waals surface area contributed by atoms with Crippen LogP contribution >= 0.6 is 11.6 Å². The first kappa shape index (κ1) is 19.5. The Morgan fingerprint density at radius 1 is 0.903 bits per heavy atom. The van der Waals surface area contributed by atoms with Gasteiger partial charge in [0.2, 0.25) is 14.9 Å². The van der Waals surface area contributed by atoms with Crippen molar-refractivity contribution < 1.29 is 8.42 Å². The third kappa shape index (κ3) is 3.49. The highest BCUT2D eigenvalue weighted by Crippen LogP contribution is 2.28. The van der Waals surface area contributed by atoms with Gasteiger partial charge in [-0.25, -0.2) is 13.4 Å². The fourth-order valence-corrected chi connectivity index (χ4v) is 4.73. The molecule has 0 radical (unpaired) electrons. The summed E-state index contributed by atoms with van der Waals surface area (Å²) in [4.78, 5) is 4.75. The van der Waals surface area contributed by atoms with E-state index in [1.807, 2.05) is 48.5 Å². The topological polar surface area (TPSA) is 89.2 Å². The molecule has 0 aliphatic rings. The molecule has 0 bridgehead atoms. The minimum atomic E-state index is -3.88. The molecule has 0 spiro atoms. The van der Waals surface area contributed by atoms with E-state index in [0.29, 0.717) is 22.9 Å². The van der Waals surface area contributed by atoms with Crippen LogP contribution in [0.3, 0.4) is 0 Å². The zero-order chi connectivity index (χ0) is 21.4. The summed E-state index contributed by atoms with van der Waals surface area (Å²) in [6, 6.07) is 23.1. The van der Waals surface area contributed by atoms with Crippen LogP contribution < -0.4 is 5.32 Å². The molecule has 0 saturated heterocycles. The van der Waals surface area contributed by atoms with Crippen molar-refractivity contribution in [2.24, 2.45) is 0 Å². The molecule has 0 unspecified atom stereocenters. The van der Waals surface area contributed by atoms with Gasteiger partial charge in [-0.1, -0.05) is 59.3 Å². The Kier molecular flexibility index (Phi) is 4.80. The van der Waals surface area contributed by atoms with Crippen molar-refractivity contribution in [2.45, 2.75) is 16.5 Å². The molecule has 0 fully saturated rings. The average Bonchev–Trinajstić information content (AvgIpc) is 3.24. The molecule has 3 aromatic carbocycles. The molecule has 7 nitrogen and oxygen atoms in total. The minimum Gasteiger partial charge on any atom is -0.365 e. The Bertz CT molecular complexity index is 1500. The highest BCUT2D eigenvalue weighted by Gasteiger charge is 2.26. The van der Waals surface area contributed by atoms with Crippen LogP contribution in [0.2, 0.25) is 5.02 Å². The summed E-state index contributed by atoms with van der Waals surface area (Å²) >= 11 is 5.96. The Morgan fingerprint density at radius 3 is 2.39 bits per heavy atom. The normalized spacial score (nSPS) is 11.8. The smallest absolute Gasteiger partial charge is 0.229 e. The van der Waals surface area contributed by atoms with Crippen molar-refractivity contribution in [1.29, 1.82) is 0 Å². The number of nitrogens with one attached hydrogen (secondary N) is 1. The number of aromatic nitrogens is 4. The van der Waals surface area contributed by atoms with Crippen LogP contribution in [0.5, 0.6) is 0 Å². The summed E-state index contributed by atoms with van der Waals surface area (Å²) in [5, 5.41) is 12.7. The lowest BCUT2D eigenvalue weighted by Gasteiger charge is -2.11.